The number of hydrogen-bond donors (Lipinski definition) is 1. The number of hydrogen-bond acceptors (Lipinski definition) is 6. The van der Waals surface area contributed by atoms with Crippen LogP contribution < -0.4 is 23.8 Å². The Bertz CT molecular complexity index is 1340. The summed E-state index contributed by atoms with van der Waals surface area (Å²) >= 11 is 6.19. The van der Waals surface area contributed by atoms with Gasteiger partial charge in [-0.15, -0.1) is 0 Å². The summed E-state index contributed by atoms with van der Waals surface area (Å²) in [6, 6.07) is 14.2. The highest BCUT2D eigenvalue weighted by Crippen LogP contribution is 2.37. The maximum absolute atomic E-state index is 13.8. The molecule has 1 amide bonds. The van der Waals surface area contributed by atoms with Crippen LogP contribution in [0.2, 0.25) is 5.02 Å². The summed E-state index contributed by atoms with van der Waals surface area (Å²) in [7, 11) is -0.00394. The van der Waals surface area contributed by atoms with Gasteiger partial charge in [-0.05, 0) is 61.4 Å². The lowest BCUT2D eigenvalue weighted by Gasteiger charge is -2.26. The Morgan fingerprint density at radius 2 is 1.57 bits per heavy atom. The third-order valence-electron chi connectivity index (χ3n) is 5.52. The monoisotopic (exact) mass is 518 g/mol. The van der Waals surface area contributed by atoms with Gasteiger partial charge in [-0.1, -0.05) is 23.7 Å². The second-order valence-corrected chi connectivity index (χ2v) is 9.94. The van der Waals surface area contributed by atoms with Crippen LogP contribution in [0.4, 0.5) is 11.4 Å². The van der Waals surface area contributed by atoms with Gasteiger partial charge in [0.25, 0.3) is 10.0 Å². The summed E-state index contributed by atoms with van der Waals surface area (Å²) in [4.78, 5) is 13.0. The molecule has 35 heavy (non-hydrogen) atoms. The molecule has 0 saturated heterocycles. The van der Waals surface area contributed by atoms with Gasteiger partial charge >= 0.3 is 0 Å². The van der Waals surface area contributed by atoms with Crippen LogP contribution >= 0.6 is 11.6 Å². The summed E-state index contributed by atoms with van der Waals surface area (Å²) in [6.45, 7) is 3.28. The van der Waals surface area contributed by atoms with Crippen molar-refractivity contribution in [3.05, 3.63) is 70.7 Å². The van der Waals surface area contributed by atoms with Gasteiger partial charge in [-0.25, -0.2) is 8.42 Å². The molecule has 0 saturated carbocycles. The Morgan fingerprint density at radius 3 is 2.23 bits per heavy atom. The Balaban J connectivity index is 2.09. The van der Waals surface area contributed by atoms with Crippen LogP contribution in [0.3, 0.4) is 0 Å². The lowest BCUT2D eigenvalue weighted by Crippen LogP contribution is -2.38. The molecule has 0 bridgehead atoms. The largest absolute Gasteiger partial charge is 0.495 e. The van der Waals surface area contributed by atoms with Gasteiger partial charge in [0.05, 0.1) is 31.9 Å². The summed E-state index contributed by atoms with van der Waals surface area (Å²) in [5, 5.41) is 3.08. The number of halogens is 1. The van der Waals surface area contributed by atoms with Gasteiger partial charge < -0.3 is 19.5 Å². The van der Waals surface area contributed by atoms with Crippen molar-refractivity contribution in [2.75, 3.05) is 37.5 Å². The van der Waals surface area contributed by atoms with Gasteiger partial charge in [-0.2, -0.15) is 0 Å². The van der Waals surface area contributed by atoms with E-state index in [1.807, 2.05) is 26.0 Å². The lowest BCUT2D eigenvalue weighted by molar-refractivity contribution is -0.114. The van der Waals surface area contributed by atoms with Crippen molar-refractivity contribution >= 4 is 38.9 Å². The smallest absolute Gasteiger partial charge is 0.265 e. The third kappa shape index (κ3) is 5.63. The fourth-order valence-electron chi connectivity index (χ4n) is 3.47. The Kier molecular flexibility index (Phi) is 8.14. The fraction of sp³-hybridized carbons (Fsp3) is 0.240. The molecule has 3 rings (SSSR count). The molecule has 3 aromatic carbocycles. The standard InChI is InChI=1S/C25H27ClN2O6S/c1-16-7-6-8-20(17(16)2)27-25(29)15-28(21-13-18(26)9-11-22(21)32-3)35(30,31)19-10-12-23(33-4)24(14-19)34-5/h6-14H,15H2,1-5H3,(H,27,29). The molecule has 0 heterocycles. The molecule has 0 atom stereocenters. The van der Waals surface area contributed by atoms with E-state index in [0.717, 1.165) is 15.4 Å². The minimum Gasteiger partial charge on any atom is -0.495 e. The average Bonchev–Trinajstić information content (AvgIpc) is 2.84. The van der Waals surface area contributed by atoms with Crippen molar-refractivity contribution in [1.29, 1.82) is 0 Å². The van der Waals surface area contributed by atoms with Crippen LogP contribution in [0.1, 0.15) is 11.1 Å². The molecule has 0 spiro atoms. The van der Waals surface area contributed by atoms with Crippen LogP contribution in [-0.4, -0.2) is 42.2 Å². The van der Waals surface area contributed by atoms with E-state index >= 15 is 0 Å². The molecule has 0 radical (unpaired) electrons. The van der Waals surface area contributed by atoms with Crippen LogP contribution in [-0.2, 0) is 14.8 Å². The summed E-state index contributed by atoms with van der Waals surface area (Å²) in [6.07, 6.45) is 0. The number of nitrogens with zero attached hydrogens (tertiary/aromatic N) is 1. The van der Waals surface area contributed by atoms with Crippen LogP contribution in [0.5, 0.6) is 17.2 Å². The lowest BCUT2D eigenvalue weighted by atomic mass is 10.1. The topological polar surface area (TPSA) is 94.2 Å². The molecule has 0 aliphatic heterocycles. The van der Waals surface area contributed by atoms with Gasteiger partial charge in [0.1, 0.15) is 12.3 Å². The van der Waals surface area contributed by atoms with E-state index in [2.05, 4.69) is 5.32 Å². The van der Waals surface area contributed by atoms with Crippen molar-refractivity contribution in [2.45, 2.75) is 18.7 Å². The van der Waals surface area contributed by atoms with E-state index in [1.165, 1.54) is 51.7 Å². The van der Waals surface area contributed by atoms with Gasteiger partial charge in [0, 0.05) is 16.8 Å². The first-order chi connectivity index (χ1) is 16.6. The van der Waals surface area contributed by atoms with E-state index in [4.69, 9.17) is 25.8 Å². The number of carbonyl (C=O) groups is 1. The zero-order chi connectivity index (χ0) is 25.8. The number of ether oxygens (including phenoxy) is 3. The van der Waals surface area contributed by atoms with Crippen molar-refractivity contribution in [3.63, 3.8) is 0 Å². The van der Waals surface area contributed by atoms with Gasteiger partial charge in [0.15, 0.2) is 11.5 Å². The normalized spacial score (nSPS) is 11.0. The maximum Gasteiger partial charge on any atom is 0.265 e. The molecular formula is C25H27ClN2O6S. The number of carbonyl (C=O) groups excluding carboxylic acids is 1. The third-order valence-corrected chi connectivity index (χ3v) is 7.51. The highest BCUT2D eigenvalue weighted by atomic mass is 35.5. The number of nitrogens with one attached hydrogen (secondary N) is 1. The number of aryl methyl sites for hydroxylation is 1. The first-order valence-corrected chi connectivity index (χ1v) is 12.4. The number of rotatable bonds is 9. The summed E-state index contributed by atoms with van der Waals surface area (Å²) < 4.78 is 44.5. The second kappa shape index (κ2) is 10.9. The highest BCUT2D eigenvalue weighted by Gasteiger charge is 2.31. The molecule has 0 aliphatic carbocycles. The Hall–Kier alpha value is -3.43. The van der Waals surface area contributed by atoms with Crippen molar-refractivity contribution in [1.82, 2.24) is 0 Å². The quantitative estimate of drug-likeness (QED) is 0.436. The zero-order valence-electron chi connectivity index (χ0n) is 20.1. The molecule has 0 aromatic heterocycles. The molecule has 186 valence electrons. The SMILES string of the molecule is COc1ccc(S(=O)(=O)N(CC(=O)Nc2cccc(C)c2C)c2cc(Cl)ccc2OC)cc1OC. The molecular weight excluding hydrogens is 492 g/mol. The second-order valence-electron chi connectivity index (χ2n) is 7.64. The minimum atomic E-state index is -4.27. The summed E-state index contributed by atoms with van der Waals surface area (Å²) in [5.41, 5.74) is 2.59. The molecule has 10 heteroatoms. The van der Waals surface area contributed by atoms with Crippen molar-refractivity contribution in [3.8, 4) is 17.2 Å². The fourth-order valence-corrected chi connectivity index (χ4v) is 5.07. The highest BCUT2D eigenvalue weighted by molar-refractivity contribution is 7.92. The number of amides is 1. The predicted octanol–water partition coefficient (Wildman–Crippen LogP) is 4.82. The first-order valence-electron chi connectivity index (χ1n) is 10.6. The Morgan fingerprint density at radius 1 is 0.914 bits per heavy atom. The van der Waals surface area contributed by atoms with E-state index in [-0.39, 0.29) is 27.1 Å². The zero-order valence-corrected chi connectivity index (χ0v) is 21.7. The van der Waals surface area contributed by atoms with Crippen LogP contribution in [0, 0.1) is 13.8 Å². The summed E-state index contributed by atoms with van der Waals surface area (Å²) in [5.74, 6) is 0.292. The van der Waals surface area contributed by atoms with Gasteiger partial charge in [0.2, 0.25) is 5.91 Å². The van der Waals surface area contributed by atoms with Gasteiger partial charge in [-0.3, -0.25) is 9.10 Å². The van der Waals surface area contributed by atoms with E-state index in [1.54, 1.807) is 12.1 Å². The van der Waals surface area contributed by atoms with E-state index in [0.29, 0.717) is 11.4 Å². The van der Waals surface area contributed by atoms with Crippen molar-refractivity contribution < 1.29 is 27.4 Å². The molecule has 8 nitrogen and oxygen atoms in total. The molecule has 1 N–H and O–H groups in total. The van der Waals surface area contributed by atoms with Crippen molar-refractivity contribution in [2.24, 2.45) is 0 Å². The molecule has 0 aliphatic rings. The number of benzene rings is 3. The maximum atomic E-state index is 13.8. The molecule has 3 aromatic rings. The van der Waals surface area contributed by atoms with E-state index in [9.17, 15) is 13.2 Å². The number of methoxy groups -OCH3 is 3. The minimum absolute atomic E-state index is 0.100. The Labute approximate surface area is 210 Å². The predicted molar refractivity (Wildman–Crippen MR) is 137 cm³/mol. The van der Waals surface area contributed by atoms with Crippen LogP contribution in [0.25, 0.3) is 0 Å². The molecule has 0 unspecified atom stereocenters. The number of sulfonamides is 1. The number of anilines is 2. The first kappa shape index (κ1) is 26.2. The molecule has 0 fully saturated rings. The van der Waals surface area contributed by atoms with Crippen LogP contribution in [0.15, 0.2) is 59.5 Å². The van der Waals surface area contributed by atoms with E-state index < -0.39 is 22.5 Å². The average molecular weight is 519 g/mol.